The van der Waals surface area contributed by atoms with Crippen LogP contribution in [-0.4, -0.2) is 16.7 Å². The van der Waals surface area contributed by atoms with Crippen LogP contribution in [0.2, 0.25) is 0 Å². The molecule has 0 bridgehead atoms. The van der Waals surface area contributed by atoms with Gasteiger partial charge in [-0.05, 0) is 55.9 Å². The number of benzene rings is 1. The quantitative estimate of drug-likeness (QED) is 0.829. The van der Waals surface area contributed by atoms with Gasteiger partial charge in [-0.15, -0.1) is 0 Å². The van der Waals surface area contributed by atoms with E-state index < -0.39 is 0 Å². The van der Waals surface area contributed by atoms with Crippen molar-refractivity contribution >= 4 is 11.6 Å². The third-order valence-electron chi connectivity index (χ3n) is 3.79. The first kappa shape index (κ1) is 14.6. The number of nitrogens with one attached hydrogen (secondary N) is 1. The Balaban J connectivity index is 2.16. The second-order valence-electron chi connectivity index (χ2n) is 5.29. The fourth-order valence-electron chi connectivity index (χ4n) is 2.54. The third-order valence-corrected chi connectivity index (χ3v) is 3.79. The first-order chi connectivity index (χ1) is 9.63. The Labute approximate surface area is 119 Å². The lowest BCUT2D eigenvalue weighted by Gasteiger charge is -2.20. The zero-order chi connectivity index (χ0) is 14.5. The van der Waals surface area contributed by atoms with Gasteiger partial charge in [0.05, 0.1) is 5.71 Å². The molecule has 1 aliphatic rings. The lowest BCUT2D eigenvalue weighted by molar-refractivity contribution is -0.121. The summed E-state index contributed by atoms with van der Waals surface area (Å²) in [5, 5.41) is 14.1. The van der Waals surface area contributed by atoms with Crippen LogP contribution in [0.5, 0.6) is 5.75 Å². The number of nitrogens with zero attached hydrogens (tertiary/aromatic N) is 1. The normalized spacial score (nSPS) is 16.0. The summed E-state index contributed by atoms with van der Waals surface area (Å²) in [7, 11) is 0. The highest BCUT2D eigenvalue weighted by Crippen LogP contribution is 2.29. The molecule has 0 spiro atoms. The number of hydrazone groups is 1. The molecule has 0 atom stereocenters. The molecule has 1 aromatic carbocycles. The molecule has 4 heteroatoms. The lowest BCUT2D eigenvalue weighted by atomic mass is 9.87. The Kier molecular flexibility index (Phi) is 4.77. The highest BCUT2D eigenvalue weighted by Gasteiger charge is 2.19. The van der Waals surface area contributed by atoms with E-state index >= 15 is 0 Å². The van der Waals surface area contributed by atoms with E-state index in [-0.39, 0.29) is 5.91 Å². The Hall–Kier alpha value is -1.84. The van der Waals surface area contributed by atoms with Gasteiger partial charge in [0.1, 0.15) is 5.75 Å². The highest BCUT2D eigenvalue weighted by atomic mass is 16.3. The summed E-state index contributed by atoms with van der Waals surface area (Å²) >= 11 is 0. The van der Waals surface area contributed by atoms with E-state index in [2.05, 4.69) is 17.5 Å². The molecule has 0 unspecified atom stereocenters. The molecule has 0 radical (unpaired) electrons. The molecule has 108 valence electrons. The predicted molar refractivity (Wildman–Crippen MR) is 80.0 cm³/mol. The summed E-state index contributed by atoms with van der Waals surface area (Å²) in [6.07, 6.45) is 5.24. The maximum Gasteiger partial charge on any atom is 0.240 e. The molecule has 1 aliphatic carbocycles. The van der Waals surface area contributed by atoms with Crippen LogP contribution in [0, 0.1) is 6.92 Å². The molecule has 0 fully saturated rings. The summed E-state index contributed by atoms with van der Waals surface area (Å²) in [5.74, 6) is 0.305. The maximum atomic E-state index is 11.6. The van der Waals surface area contributed by atoms with Crippen LogP contribution < -0.4 is 5.43 Å². The zero-order valence-corrected chi connectivity index (χ0v) is 12.2. The first-order valence-electron chi connectivity index (χ1n) is 7.30. The SMILES string of the molecule is CCCCC(=O)N/N=C1/CCCc2c1ccc(O)c2C. The zero-order valence-electron chi connectivity index (χ0n) is 12.2. The molecule has 2 rings (SSSR count). The van der Waals surface area contributed by atoms with Crippen molar-refractivity contribution in [2.24, 2.45) is 5.10 Å². The average Bonchev–Trinajstić information content (AvgIpc) is 2.46. The van der Waals surface area contributed by atoms with E-state index in [1.165, 1.54) is 0 Å². The number of hydrogen-bond acceptors (Lipinski definition) is 3. The third kappa shape index (κ3) is 3.18. The number of rotatable bonds is 4. The number of hydrogen-bond donors (Lipinski definition) is 2. The minimum Gasteiger partial charge on any atom is -0.508 e. The Morgan fingerprint density at radius 3 is 2.95 bits per heavy atom. The largest absolute Gasteiger partial charge is 0.508 e. The van der Waals surface area contributed by atoms with Crippen LogP contribution >= 0.6 is 0 Å². The van der Waals surface area contributed by atoms with Crippen molar-refractivity contribution in [1.82, 2.24) is 5.43 Å². The van der Waals surface area contributed by atoms with Crippen molar-refractivity contribution < 1.29 is 9.90 Å². The number of phenolic OH excluding ortho intramolecular Hbond substituents is 1. The fraction of sp³-hybridized carbons (Fsp3) is 0.500. The molecule has 4 nitrogen and oxygen atoms in total. The Morgan fingerprint density at radius 1 is 1.40 bits per heavy atom. The standard InChI is InChI=1S/C16H22N2O2/c1-3-4-8-16(20)18-17-14-7-5-6-12-11(2)15(19)10-9-13(12)14/h9-10,19H,3-8H2,1-2H3,(H,18,20)/b17-14-. The number of amides is 1. The molecule has 1 amide bonds. The number of fused-ring (bicyclic) bond motifs is 1. The van der Waals surface area contributed by atoms with Gasteiger partial charge >= 0.3 is 0 Å². The second kappa shape index (κ2) is 6.55. The van der Waals surface area contributed by atoms with Gasteiger partial charge in [-0.1, -0.05) is 13.3 Å². The highest BCUT2D eigenvalue weighted by molar-refractivity contribution is 6.03. The molecule has 0 saturated heterocycles. The molecule has 2 N–H and O–H groups in total. The van der Waals surface area contributed by atoms with E-state index in [4.69, 9.17) is 0 Å². The summed E-state index contributed by atoms with van der Waals surface area (Å²) in [5.41, 5.74) is 6.70. The van der Waals surface area contributed by atoms with Gasteiger partial charge < -0.3 is 5.11 Å². The van der Waals surface area contributed by atoms with Gasteiger partial charge in [-0.25, -0.2) is 5.43 Å². The van der Waals surface area contributed by atoms with Crippen molar-refractivity contribution in [1.29, 1.82) is 0 Å². The van der Waals surface area contributed by atoms with Crippen LogP contribution in [0.4, 0.5) is 0 Å². The molecule has 0 aliphatic heterocycles. The first-order valence-corrected chi connectivity index (χ1v) is 7.30. The molecule has 0 heterocycles. The van der Waals surface area contributed by atoms with Gasteiger partial charge in [-0.3, -0.25) is 4.79 Å². The van der Waals surface area contributed by atoms with Crippen molar-refractivity contribution in [3.05, 3.63) is 28.8 Å². The predicted octanol–water partition coefficient (Wildman–Crippen LogP) is 3.05. The second-order valence-corrected chi connectivity index (χ2v) is 5.29. The summed E-state index contributed by atoms with van der Waals surface area (Å²) < 4.78 is 0. The summed E-state index contributed by atoms with van der Waals surface area (Å²) in [6.45, 7) is 3.99. The molecular formula is C16H22N2O2. The average molecular weight is 274 g/mol. The van der Waals surface area contributed by atoms with Crippen molar-refractivity contribution in [2.75, 3.05) is 0 Å². The van der Waals surface area contributed by atoms with Crippen LogP contribution in [0.3, 0.4) is 0 Å². The van der Waals surface area contributed by atoms with Gasteiger partial charge in [0.15, 0.2) is 0 Å². The fourth-order valence-corrected chi connectivity index (χ4v) is 2.54. The van der Waals surface area contributed by atoms with Gasteiger partial charge in [0.25, 0.3) is 0 Å². The molecule has 0 aromatic heterocycles. The molecule has 20 heavy (non-hydrogen) atoms. The van der Waals surface area contributed by atoms with Crippen LogP contribution in [0.15, 0.2) is 17.2 Å². The van der Waals surface area contributed by atoms with Crippen LogP contribution in [0.25, 0.3) is 0 Å². The van der Waals surface area contributed by atoms with Gasteiger partial charge in [0.2, 0.25) is 5.91 Å². The monoisotopic (exact) mass is 274 g/mol. The maximum absolute atomic E-state index is 11.6. The lowest BCUT2D eigenvalue weighted by Crippen LogP contribution is -2.22. The van der Waals surface area contributed by atoms with E-state index in [1.807, 2.05) is 13.0 Å². The van der Waals surface area contributed by atoms with E-state index in [0.717, 1.165) is 54.5 Å². The van der Waals surface area contributed by atoms with Gasteiger partial charge in [0, 0.05) is 12.0 Å². The number of aromatic hydroxyl groups is 1. The van der Waals surface area contributed by atoms with Crippen molar-refractivity contribution in [2.45, 2.75) is 52.4 Å². The Morgan fingerprint density at radius 2 is 2.20 bits per heavy atom. The van der Waals surface area contributed by atoms with Crippen LogP contribution in [-0.2, 0) is 11.2 Å². The molecular weight excluding hydrogens is 252 g/mol. The van der Waals surface area contributed by atoms with E-state index in [1.54, 1.807) is 6.07 Å². The summed E-state index contributed by atoms with van der Waals surface area (Å²) in [4.78, 5) is 11.6. The number of unbranched alkanes of at least 4 members (excludes halogenated alkanes) is 1. The topological polar surface area (TPSA) is 61.7 Å². The molecule has 0 saturated carbocycles. The van der Waals surface area contributed by atoms with Crippen molar-refractivity contribution in [3.8, 4) is 5.75 Å². The number of phenols is 1. The van der Waals surface area contributed by atoms with E-state index in [0.29, 0.717) is 12.2 Å². The van der Waals surface area contributed by atoms with Crippen molar-refractivity contribution in [3.63, 3.8) is 0 Å². The Bertz CT molecular complexity index is 536. The molecule has 1 aromatic rings. The van der Waals surface area contributed by atoms with E-state index in [9.17, 15) is 9.90 Å². The minimum atomic E-state index is -0.0260. The number of carbonyl (C=O) groups excluding carboxylic acids is 1. The smallest absolute Gasteiger partial charge is 0.240 e. The van der Waals surface area contributed by atoms with Gasteiger partial charge in [-0.2, -0.15) is 5.10 Å². The van der Waals surface area contributed by atoms with Crippen LogP contribution in [0.1, 0.15) is 55.7 Å². The summed E-state index contributed by atoms with van der Waals surface area (Å²) in [6, 6.07) is 3.60. The minimum absolute atomic E-state index is 0.0260. The number of carbonyl (C=O) groups is 1.